The highest BCUT2D eigenvalue weighted by atomic mass is 16.5. The van der Waals surface area contributed by atoms with Crippen LogP contribution in [0.1, 0.15) is 36.9 Å². The molecule has 0 bridgehead atoms. The number of benzene rings is 2. The van der Waals surface area contributed by atoms with Gasteiger partial charge in [0.1, 0.15) is 12.4 Å². The predicted molar refractivity (Wildman–Crippen MR) is 127 cm³/mol. The van der Waals surface area contributed by atoms with E-state index in [0.29, 0.717) is 48.7 Å². The van der Waals surface area contributed by atoms with E-state index in [4.69, 9.17) is 9.47 Å². The van der Waals surface area contributed by atoms with Crippen molar-refractivity contribution >= 4 is 17.4 Å². The molecule has 3 aromatic rings. The number of aryl methyl sites for hydroxylation is 1. The van der Waals surface area contributed by atoms with Crippen LogP contribution in [0.5, 0.6) is 11.5 Å². The van der Waals surface area contributed by atoms with Crippen LogP contribution in [0.25, 0.3) is 5.76 Å². The van der Waals surface area contributed by atoms with E-state index in [1.165, 1.54) is 12.0 Å². The average Bonchev–Trinajstić information content (AvgIpc) is 3.50. The lowest BCUT2D eigenvalue weighted by Crippen LogP contribution is -2.36. The molecule has 35 heavy (non-hydrogen) atoms. The van der Waals surface area contributed by atoms with Crippen molar-refractivity contribution in [2.45, 2.75) is 32.4 Å². The maximum atomic E-state index is 13.5. The van der Waals surface area contributed by atoms with Crippen LogP contribution in [0.4, 0.5) is 0 Å². The number of rotatable bonds is 10. The van der Waals surface area contributed by atoms with Gasteiger partial charge in [0.15, 0.2) is 11.5 Å². The predicted octanol–water partition coefficient (Wildman–Crippen LogP) is 2.41. The zero-order chi connectivity index (χ0) is 24.8. The van der Waals surface area contributed by atoms with Crippen LogP contribution in [0, 0.1) is 0 Å². The normalized spacial score (nSPS) is 17.1. The molecular weight excluding hydrogens is 446 g/mol. The van der Waals surface area contributed by atoms with Gasteiger partial charge in [-0.3, -0.25) is 14.6 Å². The Morgan fingerprint density at radius 3 is 2.63 bits per heavy atom. The fourth-order valence-electron chi connectivity index (χ4n) is 4.26. The molecule has 1 unspecified atom stereocenters. The van der Waals surface area contributed by atoms with Gasteiger partial charge in [0.2, 0.25) is 12.1 Å². The summed E-state index contributed by atoms with van der Waals surface area (Å²) in [5, 5.41) is 13.5. The first-order valence-corrected chi connectivity index (χ1v) is 11.7. The van der Waals surface area contributed by atoms with Gasteiger partial charge in [-0.1, -0.05) is 49.1 Å². The molecule has 1 aliphatic heterocycles. The number of nitrogens with zero attached hydrogens (tertiary/aromatic N) is 2. The van der Waals surface area contributed by atoms with E-state index in [-0.39, 0.29) is 5.57 Å². The van der Waals surface area contributed by atoms with Crippen LogP contribution in [0.15, 0.2) is 72.8 Å². The van der Waals surface area contributed by atoms with Gasteiger partial charge >= 0.3 is 0 Å². The Morgan fingerprint density at radius 2 is 1.94 bits per heavy atom. The molecule has 182 valence electrons. The number of amides is 1. The van der Waals surface area contributed by atoms with Gasteiger partial charge in [-0.05, 0) is 29.7 Å². The number of imidazole rings is 1. The number of ketones is 1. The highest BCUT2D eigenvalue weighted by Crippen LogP contribution is 2.41. The summed E-state index contributed by atoms with van der Waals surface area (Å²) < 4.78 is 13.2. The fraction of sp³-hybridized carbons (Fsp3) is 0.296. The lowest BCUT2D eigenvalue weighted by Gasteiger charge is -2.28. The van der Waals surface area contributed by atoms with Gasteiger partial charge in [-0.2, -0.15) is 0 Å². The SMILES string of the molecule is CCCOc1ccc(C2/C(=C(\[O-])c3ccccc3)C(=O)C(=O)N2CCC[n+]2cc[nH]c2)cc1OC. The van der Waals surface area contributed by atoms with Crippen LogP contribution in [0.3, 0.4) is 0 Å². The van der Waals surface area contributed by atoms with Gasteiger partial charge in [-0.15, -0.1) is 0 Å². The number of H-pyrrole nitrogens is 1. The van der Waals surface area contributed by atoms with Crippen molar-refractivity contribution in [3.8, 4) is 11.5 Å². The van der Waals surface area contributed by atoms with Crippen molar-refractivity contribution in [3.05, 3.63) is 84.0 Å². The second kappa shape index (κ2) is 10.9. The fourth-order valence-corrected chi connectivity index (χ4v) is 4.26. The molecule has 1 fully saturated rings. The number of likely N-dealkylation sites (tertiary alicyclic amines) is 1. The highest BCUT2D eigenvalue weighted by Gasteiger charge is 2.44. The Kier molecular flexibility index (Phi) is 7.50. The maximum absolute atomic E-state index is 13.5. The minimum atomic E-state index is -0.812. The number of aromatic nitrogens is 2. The van der Waals surface area contributed by atoms with Crippen molar-refractivity contribution in [1.82, 2.24) is 9.88 Å². The highest BCUT2D eigenvalue weighted by molar-refractivity contribution is 6.46. The molecule has 0 spiro atoms. The number of aromatic amines is 1. The van der Waals surface area contributed by atoms with Gasteiger partial charge in [0.25, 0.3) is 5.91 Å². The summed E-state index contributed by atoms with van der Waals surface area (Å²) in [5.41, 5.74) is 0.950. The molecular formula is C27H29N3O5. The Balaban J connectivity index is 1.74. The lowest BCUT2D eigenvalue weighted by molar-refractivity contribution is -0.695. The lowest BCUT2D eigenvalue weighted by atomic mass is 9.95. The molecule has 1 amide bonds. The van der Waals surface area contributed by atoms with Crippen molar-refractivity contribution in [2.24, 2.45) is 0 Å². The van der Waals surface area contributed by atoms with Crippen LogP contribution in [-0.4, -0.2) is 41.8 Å². The number of hydrogen-bond donors (Lipinski definition) is 1. The Labute approximate surface area is 204 Å². The quantitative estimate of drug-likeness (QED) is 0.210. The number of methoxy groups -OCH3 is 1. The molecule has 0 saturated carbocycles. The Morgan fingerprint density at radius 1 is 1.14 bits per heavy atom. The van der Waals surface area contributed by atoms with Crippen LogP contribution < -0.4 is 19.1 Å². The number of ether oxygens (including phenoxy) is 2. The van der Waals surface area contributed by atoms with E-state index in [0.717, 1.165) is 6.42 Å². The van der Waals surface area contributed by atoms with Crippen molar-refractivity contribution in [1.29, 1.82) is 0 Å². The second-order valence-corrected chi connectivity index (χ2v) is 8.30. The van der Waals surface area contributed by atoms with Gasteiger partial charge < -0.3 is 19.5 Å². The molecule has 2 aromatic carbocycles. The van der Waals surface area contributed by atoms with E-state index in [1.54, 1.807) is 48.5 Å². The monoisotopic (exact) mass is 475 g/mol. The summed E-state index contributed by atoms with van der Waals surface area (Å²) in [6.45, 7) is 3.51. The topological polar surface area (TPSA) is 98.6 Å². The standard InChI is InChI=1S/C27H29N3O5/c1-3-16-35-21-11-10-20(17-22(21)34-2)24-23(25(31)19-8-5-4-6-9-19)26(32)27(33)30(24)14-7-13-29-15-12-28-18-29/h4-6,8-12,15,17-18,24H,3,7,13-14,16H2,1-2H3,(H,31,32). The largest absolute Gasteiger partial charge is 0.872 e. The third kappa shape index (κ3) is 5.06. The molecule has 8 heteroatoms. The van der Waals surface area contributed by atoms with E-state index in [9.17, 15) is 14.7 Å². The molecule has 1 aliphatic rings. The maximum Gasteiger partial charge on any atom is 0.295 e. The van der Waals surface area contributed by atoms with Crippen molar-refractivity contribution < 1.29 is 28.7 Å². The Bertz CT molecular complexity index is 1200. The van der Waals surface area contributed by atoms with Crippen molar-refractivity contribution in [3.63, 3.8) is 0 Å². The summed E-state index contributed by atoms with van der Waals surface area (Å²) in [4.78, 5) is 30.8. The first-order chi connectivity index (χ1) is 17.0. The smallest absolute Gasteiger partial charge is 0.295 e. The van der Waals surface area contributed by atoms with Crippen LogP contribution >= 0.6 is 0 Å². The average molecular weight is 476 g/mol. The minimum absolute atomic E-state index is 0.0419. The number of carbonyl (C=O) groups excluding carboxylic acids is 2. The minimum Gasteiger partial charge on any atom is -0.872 e. The number of carbonyl (C=O) groups is 2. The number of nitrogens with one attached hydrogen (secondary N) is 1. The van der Waals surface area contributed by atoms with E-state index in [1.807, 2.05) is 30.2 Å². The molecule has 2 heterocycles. The third-order valence-electron chi connectivity index (χ3n) is 5.95. The molecule has 1 atom stereocenters. The number of hydrogen-bond acceptors (Lipinski definition) is 5. The molecule has 8 nitrogen and oxygen atoms in total. The summed E-state index contributed by atoms with van der Waals surface area (Å²) in [6, 6.07) is 13.0. The molecule has 0 aliphatic carbocycles. The molecule has 1 N–H and O–H groups in total. The van der Waals surface area contributed by atoms with E-state index in [2.05, 4.69) is 4.98 Å². The van der Waals surface area contributed by atoms with Gasteiger partial charge in [0.05, 0.1) is 26.3 Å². The van der Waals surface area contributed by atoms with E-state index >= 15 is 0 Å². The Hall–Kier alpha value is -4.07. The summed E-state index contributed by atoms with van der Waals surface area (Å²) in [5.74, 6) is -0.819. The number of Topliss-reactive ketones (excluding diaryl/α,β-unsaturated/α-hetero) is 1. The third-order valence-corrected chi connectivity index (χ3v) is 5.95. The molecule has 1 saturated heterocycles. The zero-order valence-corrected chi connectivity index (χ0v) is 19.9. The molecule has 1 aromatic heterocycles. The van der Waals surface area contributed by atoms with Gasteiger partial charge in [0, 0.05) is 18.5 Å². The van der Waals surface area contributed by atoms with E-state index < -0.39 is 23.5 Å². The molecule has 0 radical (unpaired) electrons. The first-order valence-electron chi connectivity index (χ1n) is 11.7. The van der Waals surface area contributed by atoms with Crippen molar-refractivity contribution in [2.75, 3.05) is 20.3 Å². The second-order valence-electron chi connectivity index (χ2n) is 8.30. The van der Waals surface area contributed by atoms with Crippen LogP contribution in [0.2, 0.25) is 0 Å². The zero-order valence-electron chi connectivity index (χ0n) is 19.9. The molecule has 4 rings (SSSR count). The van der Waals surface area contributed by atoms with Crippen LogP contribution in [-0.2, 0) is 16.1 Å². The summed E-state index contributed by atoms with van der Waals surface area (Å²) in [7, 11) is 1.54. The van der Waals surface area contributed by atoms with Gasteiger partial charge in [-0.25, -0.2) is 4.57 Å². The summed E-state index contributed by atoms with van der Waals surface area (Å²) in [6.07, 6.45) is 6.98. The summed E-state index contributed by atoms with van der Waals surface area (Å²) >= 11 is 0. The first kappa shape index (κ1) is 24.1.